The molecule has 1 aliphatic heterocycles. The molecule has 3 nitrogen and oxygen atoms in total. The third-order valence-corrected chi connectivity index (χ3v) is 3.98. The van der Waals surface area contributed by atoms with Crippen molar-refractivity contribution in [3.05, 3.63) is 35.4 Å². The normalized spacial score (nSPS) is 18.1. The van der Waals surface area contributed by atoms with E-state index in [0.717, 1.165) is 25.0 Å². The maximum absolute atomic E-state index is 13.1. The number of nitrogens with zero attached hydrogens (tertiary/aromatic N) is 1. The van der Waals surface area contributed by atoms with Crippen LogP contribution in [0.4, 0.5) is 8.78 Å². The summed E-state index contributed by atoms with van der Waals surface area (Å²) < 4.78 is 25.9. The first-order chi connectivity index (χ1) is 9.47. The van der Waals surface area contributed by atoms with Crippen molar-refractivity contribution in [3.8, 4) is 0 Å². The number of rotatable bonds is 3. The Hall–Kier alpha value is -1.49. The Balaban J connectivity index is 1.91. The lowest BCUT2D eigenvalue weighted by Crippen LogP contribution is -2.43. The molecule has 110 valence electrons. The molecule has 1 heterocycles. The highest BCUT2D eigenvalue weighted by atomic mass is 19.2. The van der Waals surface area contributed by atoms with Crippen molar-refractivity contribution < 1.29 is 13.6 Å². The minimum absolute atomic E-state index is 0.0425. The molecule has 0 bridgehead atoms. The SMILES string of the molecule is CC(N)C1CCN(C(=O)Cc2ccc(F)c(F)c2)CC1. The third kappa shape index (κ3) is 3.54. The molecule has 1 unspecified atom stereocenters. The third-order valence-electron chi connectivity index (χ3n) is 3.98. The summed E-state index contributed by atoms with van der Waals surface area (Å²) in [5, 5.41) is 0. The van der Waals surface area contributed by atoms with Gasteiger partial charge in [0.05, 0.1) is 6.42 Å². The van der Waals surface area contributed by atoms with Gasteiger partial charge in [-0.05, 0) is 43.4 Å². The maximum Gasteiger partial charge on any atom is 0.226 e. The van der Waals surface area contributed by atoms with Gasteiger partial charge in [0, 0.05) is 19.1 Å². The Morgan fingerprint density at radius 2 is 2.00 bits per heavy atom. The quantitative estimate of drug-likeness (QED) is 0.922. The molecule has 1 atom stereocenters. The Bertz CT molecular complexity index is 483. The van der Waals surface area contributed by atoms with Gasteiger partial charge in [-0.1, -0.05) is 6.07 Å². The first-order valence-corrected chi connectivity index (χ1v) is 6.94. The zero-order valence-corrected chi connectivity index (χ0v) is 11.6. The van der Waals surface area contributed by atoms with Crippen molar-refractivity contribution >= 4 is 5.91 Å². The summed E-state index contributed by atoms with van der Waals surface area (Å²) in [7, 11) is 0. The van der Waals surface area contributed by atoms with Crippen molar-refractivity contribution in [3.63, 3.8) is 0 Å². The lowest BCUT2D eigenvalue weighted by atomic mass is 9.91. The predicted octanol–water partition coefficient (Wildman–Crippen LogP) is 2.09. The summed E-state index contributed by atoms with van der Waals surface area (Å²) in [6.07, 6.45) is 1.92. The maximum atomic E-state index is 13.1. The first kappa shape index (κ1) is 14.9. The fourth-order valence-electron chi connectivity index (χ4n) is 2.61. The van der Waals surface area contributed by atoms with E-state index in [1.807, 2.05) is 6.92 Å². The van der Waals surface area contributed by atoms with Crippen LogP contribution in [0.25, 0.3) is 0 Å². The van der Waals surface area contributed by atoms with E-state index in [2.05, 4.69) is 0 Å². The molecular weight excluding hydrogens is 262 g/mol. The van der Waals surface area contributed by atoms with Crippen LogP contribution in [0.3, 0.4) is 0 Å². The highest BCUT2D eigenvalue weighted by Gasteiger charge is 2.24. The molecule has 2 N–H and O–H groups in total. The van der Waals surface area contributed by atoms with Gasteiger partial charge in [-0.25, -0.2) is 8.78 Å². The van der Waals surface area contributed by atoms with Crippen molar-refractivity contribution in [2.75, 3.05) is 13.1 Å². The van der Waals surface area contributed by atoms with Crippen LogP contribution in [0.2, 0.25) is 0 Å². The molecule has 0 spiro atoms. The van der Waals surface area contributed by atoms with Crippen LogP contribution < -0.4 is 5.73 Å². The number of hydrogen-bond acceptors (Lipinski definition) is 2. The topological polar surface area (TPSA) is 46.3 Å². The van der Waals surface area contributed by atoms with E-state index in [1.54, 1.807) is 4.90 Å². The number of hydrogen-bond donors (Lipinski definition) is 1. The van der Waals surface area contributed by atoms with Gasteiger partial charge in [0.2, 0.25) is 5.91 Å². The molecule has 20 heavy (non-hydrogen) atoms. The summed E-state index contributed by atoms with van der Waals surface area (Å²) in [6, 6.07) is 3.74. The molecule has 0 aliphatic carbocycles. The molecule has 1 saturated heterocycles. The Labute approximate surface area is 117 Å². The lowest BCUT2D eigenvalue weighted by molar-refractivity contribution is -0.131. The predicted molar refractivity (Wildman–Crippen MR) is 73.0 cm³/mol. The van der Waals surface area contributed by atoms with E-state index in [4.69, 9.17) is 5.73 Å². The van der Waals surface area contributed by atoms with Crippen LogP contribution in [-0.2, 0) is 11.2 Å². The molecular formula is C15H20F2N2O. The lowest BCUT2D eigenvalue weighted by Gasteiger charge is -2.33. The zero-order chi connectivity index (χ0) is 14.7. The van der Waals surface area contributed by atoms with Gasteiger partial charge in [0.25, 0.3) is 0 Å². The monoisotopic (exact) mass is 282 g/mol. The van der Waals surface area contributed by atoms with Gasteiger partial charge in [0.1, 0.15) is 0 Å². The van der Waals surface area contributed by atoms with Gasteiger partial charge >= 0.3 is 0 Å². The number of benzene rings is 1. The van der Waals surface area contributed by atoms with Crippen LogP contribution in [0.5, 0.6) is 0 Å². The molecule has 1 amide bonds. The van der Waals surface area contributed by atoms with E-state index in [9.17, 15) is 13.6 Å². The summed E-state index contributed by atoms with van der Waals surface area (Å²) >= 11 is 0. The molecule has 1 aromatic rings. The number of nitrogens with two attached hydrogens (primary N) is 1. The highest BCUT2D eigenvalue weighted by Crippen LogP contribution is 2.20. The van der Waals surface area contributed by atoms with E-state index in [1.165, 1.54) is 6.07 Å². The fraction of sp³-hybridized carbons (Fsp3) is 0.533. The Morgan fingerprint density at radius 3 is 2.55 bits per heavy atom. The number of carbonyl (C=O) groups is 1. The second-order valence-electron chi connectivity index (χ2n) is 5.50. The average Bonchev–Trinajstić information content (AvgIpc) is 2.43. The van der Waals surface area contributed by atoms with Crippen LogP contribution in [-0.4, -0.2) is 29.9 Å². The zero-order valence-electron chi connectivity index (χ0n) is 11.6. The van der Waals surface area contributed by atoms with E-state index in [0.29, 0.717) is 24.6 Å². The molecule has 2 rings (SSSR count). The van der Waals surface area contributed by atoms with Crippen molar-refractivity contribution in [1.82, 2.24) is 4.90 Å². The number of carbonyl (C=O) groups excluding carboxylic acids is 1. The molecule has 0 saturated carbocycles. The number of halogens is 2. The summed E-state index contributed by atoms with van der Waals surface area (Å²) in [5.41, 5.74) is 6.37. The molecule has 0 aromatic heterocycles. The summed E-state index contributed by atoms with van der Waals surface area (Å²) in [6.45, 7) is 3.37. The van der Waals surface area contributed by atoms with Crippen LogP contribution in [0, 0.1) is 17.6 Å². The second kappa shape index (κ2) is 6.31. The standard InChI is InChI=1S/C15H20F2N2O/c1-10(18)12-4-6-19(7-5-12)15(20)9-11-2-3-13(16)14(17)8-11/h2-3,8,10,12H,4-7,9,18H2,1H3. The highest BCUT2D eigenvalue weighted by molar-refractivity contribution is 5.78. The number of piperidine rings is 1. The van der Waals surface area contributed by atoms with Crippen LogP contribution in [0.1, 0.15) is 25.3 Å². The average molecular weight is 282 g/mol. The minimum Gasteiger partial charge on any atom is -0.342 e. The van der Waals surface area contributed by atoms with E-state index in [-0.39, 0.29) is 18.4 Å². The Morgan fingerprint density at radius 1 is 1.35 bits per heavy atom. The van der Waals surface area contributed by atoms with Crippen molar-refractivity contribution in [2.45, 2.75) is 32.2 Å². The fourth-order valence-corrected chi connectivity index (χ4v) is 2.61. The number of amides is 1. The van der Waals surface area contributed by atoms with Crippen LogP contribution in [0.15, 0.2) is 18.2 Å². The van der Waals surface area contributed by atoms with E-state index >= 15 is 0 Å². The van der Waals surface area contributed by atoms with Crippen molar-refractivity contribution in [2.24, 2.45) is 11.7 Å². The Kier molecular flexibility index (Phi) is 4.70. The van der Waals surface area contributed by atoms with Crippen LogP contribution >= 0.6 is 0 Å². The minimum atomic E-state index is -0.911. The first-order valence-electron chi connectivity index (χ1n) is 6.94. The van der Waals surface area contributed by atoms with Gasteiger partial charge in [-0.2, -0.15) is 0 Å². The number of likely N-dealkylation sites (tertiary alicyclic amines) is 1. The molecule has 5 heteroatoms. The molecule has 1 fully saturated rings. The molecule has 0 radical (unpaired) electrons. The molecule has 1 aliphatic rings. The van der Waals surface area contributed by atoms with Gasteiger partial charge in [0.15, 0.2) is 11.6 Å². The van der Waals surface area contributed by atoms with Crippen molar-refractivity contribution in [1.29, 1.82) is 0 Å². The van der Waals surface area contributed by atoms with Gasteiger partial charge < -0.3 is 10.6 Å². The van der Waals surface area contributed by atoms with Gasteiger partial charge in [-0.15, -0.1) is 0 Å². The molecule has 1 aromatic carbocycles. The smallest absolute Gasteiger partial charge is 0.226 e. The summed E-state index contributed by atoms with van der Waals surface area (Å²) in [5.74, 6) is -1.38. The largest absolute Gasteiger partial charge is 0.342 e. The van der Waals surface area contributed by atoms with Gasteiger partial charge in [-0.3, -0.25) is 4.79 Å². The summed E-state index contributed by atoms with van der Waals surface area (Å²) in [4.78, 5) is 13.9. The van der Waals surface area contributed by atoms with E-state index < -0.39 is 11.6 Å². The second-order valence-corrected chi connectivity index (χ2v) is 5.50.